The van der Waals surface area contributed by atoms with Crippen molar-refractivity contribution >= 4 is 52.0 Å². The number of carbonyl (C=O) groups excluding carboxylic acids is 2. The normalized spacial score (nSPS) is 24.2. The van der Waals surface area contributed by atoms with Gasteiger partial charge in [0.15, 0.2) is 0 Å². The molecule has 1 aromatic carbocycles. The molecule has 6 nitrogen and oxygen atoms in total. The Balaban J connectivity index is 1.42. The number of hydrogen-bond donors (Lipinski definition) is 3. The lowest BCUT2D eigenvalue weighted by Gasteiger charge is -2.33. The standard InChI is InChI=1S/C18H25IN4O2S/c19-13-3-7-15(8-4-13)22-18(25)21-14-5-1-12(2-6-14)16(20)17(24)23-9-10-26-11-23/h3-4,7-8,12,14,16H,1-2,5-6,9-11,20H2,(H2,21,22,25). The zero-order valence-corrected chi connectivity index (χ0v) is 17.6. The van der Waals surface area contributed by atoms with Gasteiger partial charge in [0.05, 0.1) is 11.9 Å². The Morgan fingerprint density at radius 2 is 1.88 bits per heavy atom. The van der Waals surface area contributed by atoms with Crippen molar-refractivity contribution in [2.24, 2.45) is 11.7 Å². The number of nitrogens with two attached hydrogens (primary N) is 1. The van der Waals surface area contributed by atoms with E-state index < -0.39 is 6.04 Å². The number of nitrogens with zero attached hydrogens (tertiary/aromatic N) is 1. The molecule has 1 aliphatic heterocycles. The van der Waals surface area contributed by atoms with E-state index in [0.717, 1.165) is 53.1 Å². The molecule has 1 aromatic rings. The van der Waals surface area contributed by atoms with E-state index in [1.807, 2.05) is 29.2 Å². The van der Waals surface area contributed by atoms with Crippen molar-refractivity contribution in [2.45, 2.75) is 37.8 Å². The lowest BCUT2D eigenvalue weighted by molar-refractivity contribution is -0.132. The van der Waals surface area contributed by atoms with Crippen molar-refractivity contribution < 1.29 is 9.59 Å². The molecule has 3 amide bonds. The fraction of sp³-hybridized carbons (Fsp3) is 0.556. The minimum Gasteiger partial charge on any atom is -0.335 e. The van der Waals surface area contributed by atoms with Gasteiger partial charge in [-0.05, 0) is 78.5 Å². The molecule has 1 aliphatic carbocycles. The Morgan fingerprint density at radius 1 is 1.19 bits per heavy atom. The predicted molar refractivity (Wildman–Crippen MR) is 114 cm³/mol. The third kappa shape index (κ3) is 5.26. The molecule has 2 fully saturated rings. The van der Waals surface area contributed by atoms with Crippen molar-refractivity contribution in [1.29, 1.82) is 0 Å². The largest absolute Gasteiger partial charge is 0.335 e. The highest BCUT2D eigenvalue weighted by atomic mass is 127. The number of halogens is 1. The molecule has 1 unspecified atom stereocenters. The molecule has 142 valence electrons. The van der Waals surface area contributed by atoms with Gasteiger partial charge in [-0.3, -0.25) is 4.79 Å². The van der Waals surface area contributed by atoms with Crippen LogP contribution in [0.3, 0.4) is 0 Å². The number of benzene rings is 1. The van der Waals surface area contributed by atoms with Gasteiger partial charge in [-0.1, -0.05) is 0 Å². The van der Waals surface area contributed by atoms with Crippen LogP contribution in [0.15, 0.2) is 24.3 Å². The van der Waals surface area contributed by atoms with E-state index >= 15 is 0 Å². The fourth-order valence-electron chi connectivity index (χ4n) is 3.51. The van der Waals surface area contributed by atoms with E-state index in [2.05, 4.69) is 33.2 Å². The summed E-state index contributed by atoms with van der Waals surface area (Å²) in [6.45, 7) is 0.812. The number of carbonyl (C=O) groups is 2. The van der Waals surface area contributed by atoms with Crippen molar-refractivity contribution in [1.82, 2.24) is 10.2 Å². The summed E-state index contributed by atoms with van der Waals surface area (Å²) in [7, 11) is 0. The summed E-state index contributed by atoms with van der Waals surface area (Å²) in [5.74, 6) is 2.07. The highest BCUT2D eigenvalue weighted by molar-refractivity contribution is 14.1. The minimum absolute atomic E-state index is 0.0860. The molecular weight excluding hydrogens is 463 g/mol. The highest BCUT2D eigenvalue weighted by Crippen LogP contribution is 2.28. The third-order valence-corrected chi connectivity index (χ3v) is 6.75. The first-order valence-corrected chi connectivity index (χ1v) is 11.2. The van der Waals surface area contributed by atoms with E-state index in [9.17, 15) is 9.59 Å². The number of urea groups is 1. The highest BCUT2D eigenvalue weighted by Gasteiger charge is 2.33. The molecule has 1 atom stereocenters. The lowest BCUT2D eigenvalue weighted by atomic mass is 9.81. The first kappa shape index (κ1) is 19.8. The van der Waals surface area contributed by atoms with Crippen LogP contribution in [-0.2, 0) is 4.79 Å². The average Bonchev–Trinajstić information content (AvgIpc) is 3.18. The summed E-state index contributed by atoms with van der Waals surface area (Å²) in [6.07, 6.45) is 3.48. The Kier molecular flexibility index (Phi) is 7.05. The molecular formula is C18H25IN4O2S. The Morgan fingerprint density at radius 3 is 2.50 bits per heavy atom. The van der Waals surface area contributed by atoms with Crippen molar-refractivity contribution in [3.05, 3.63) is 27.8 Å². The molecule has 26 heavy (non-hydrogen) atoms. The molecule has 4 N–H and O–H groups in total. The molecule has 3 rings (SSSR count). The zero-order valence-electron chi connectivity index (χ0n) is 14.6. The maximum atomic E-state index is 12.4. The molecule has 2 aliphatic rings. The van der Waals surface area contributed by atoms with E-state index in [1.54, 1.807) is 11.8 Å². The van der Waals surface area contributed by atoms with E-state index in [0.29, 0.717) is 0 Å². The van der Waals surface area contributed by atoms with Gasteiger partial charge in [0.25, 0.3) is 0 Å². The van der Waals surface area contributed by atoms with Crippen LogP contribution in [0.2, 0.25) is 0 Å². The van der Waals surface area contributed by atoms with Gasteiger partial charge in [0.2, 0.25) is 5.91 Å². The van der Waals surface area contributed by atoms with Crippen molar-refractivity contribution in [3.63, 3.8) is 0 Å². The average molecular weight is 488 g/mol. The van der Waals surface area contributed by atoms with Gasteiger partial charge >= 0.3 is 6.03 Å². The van der Waals surface area contributed by atoms with E-state index in [4.69, 9.17) is 5.73 Å². The van der Waals surface area contributed by atoms with Crippen LogP contribution >= 0.6 is 34.4 Å². The quantitative estimate of drug-likeness (QED) is 0.569. The molecule has 1 saturated heterocycles. The van der Waals surface area contributed by atoms with Crippen LogP contribution in [0.25, 0.3) is 0 Å². The number of amides is 3. The minimum atomic E-state index is -0.407. The Hall–Kier alpha value is -1.000. The fourth-order valence-corrected chi connectivity index (χ4v) is 4.82. The monoisotopic (exact) mass is 488 g/mol. The van der Waals surface area contributed by atoms with Crippen LogP contribution in [0.5, 0.6) is 0 Å². The van der Waals surface area contributed by atoms with Crippen LogP contribution in [-0.4, -0.2) is 47.1 Å². The van der Waals surface area contributed by atoms with Crippen LogP contribution in [0, 0.1) is 9.49 Å². The second kappa shape index (κ2) is 9.27. The van der Waals surface area contributed by atoms with Crippen molar-refractivity contribution in [2.75, 3.05) is 23.5 Å². The zero-order chi connectivity index (χ0) is 18.5. The third-order valence-electron chi connectivity index (χ3n) is 5.07. The molecule has 0 spiro atoms. The van der Waals surface area contributed by atoms with Crippen LogP contribution in [0.4, 0.5) is 10.5 Å². The molecule has 0 aromatic heterocycles. The van der Waals surface area contributed by atoms with Crippen LogP contribution < -0.4 is 16.4 Å². The number of rotatable bonds is 4. The van der Waals surface area contributed by atoms with Gasteiger partial charge in [0, 0.05) is 27.6 Å². The molecule has 8 heteroatoms. The van der Waals surface area contributed by atoms with Gasteiger partial charge in [-0.15, -0.1) is 11.8 Å². The van der Waals surface area contributed by atoms with Crippen LogP contribution in [0.1, 0.15) is 25.7 Å². The summed E-state index contributed by atoms with van der Waals surface area (Å²) in [5, 5.41) is 5.90. The SMILES string of the molecule is NC(C(=O)N1CCSC1)C1CCC(NC(=O)Nc2ccc(I)cc2)CC1. The summed E-state index contributed by atoms with van der Waals surface area (Å²) in [4.78, 5) is 26.5. The predicted octanol–water partition coefficient (Wildman–Crippen LogP) is 2.83. The van der Waals surface area contributed by atoms with E-state index in [1.165, 1.54) is 0 Å². The van der Waals surface area contributed by atoms with Gasteiger partial charge in [-0.25, -0.2) is 4.79 Å². The smallest absolute Gasteiger partial charge is 0.319 e. The summed E-state index contributed by atoms with van der Waals surface area (Å²) in [6, 6.07) is 7.25. The molecule has 1 heterocycles. The first-order valence-electron chi connectivity index (χ1n) is 8.98. The number of anilines is 1. The second-order valence-electron chi connectivity index (χ2n) is 6.88. The van der Waals surface area contributed by atoms with Gasteiger partial charge in [-0.2, -0.15) is 0 Å². The van der Waals surface area contributed by atoms with E-state index in [-0.39, 0.29) is 23.9 Å². The number of nitrogens with one attached hydrogen (secondary N) is 2. The lowest BCUT2D eigenvalue weighted by Crippen LogP contribution is -2.49. The molecule has 0 bridgehead atoms. The molecule has 0 radical (unpaired) electrons. The van der Waals surface area contributed by atoms with Gasteiger partial charge < -0.3 is 21.3 Å². The Labute approximate surface area is 172 Å². The summed E-state index contributed by atoms with van der Waals surface area (Å²) < 4.78 is 1.13. The van der Waals surface area contributed by atoms with Gasteiger partial charge in [0.1, 0.15) is 0 Å². The summed E-state index contributed by atoms with van der Waals surface area (Å²) >= 11 is 4.01. The summed E-state index contributed by atoms with van der Waals surface area (Å²) in [5.41, 5.74) is 7.02. The number of thioether (sulfide) groups is 1. The second-order valence-corrected chi connectivity index (χ2v) is 9.20. The Bertz CT molecular complexity index is 629. The number of hydrogen-bond acceptors (Lipinski definition) is 4. The first-order chi connectivity index (χ1) is 12.5. The molecule has 1 saturated carbocycles. The van der Waals surface area contributed by atoms with Crippen molar-refractivity contribution in [3.8, 4) is 0 Å². The topological polar surface area (TPSA) is 87.5 Å². The maximum Gasteiger partial charge on any atom is 0.319 e. The maximum absolute atomic E-state index is 12.4.